The molecule has 3 aromatic rings. The lowest BCUT2D eigenvalue weighted by atomic mass is 10.1. The summed E-state index contributed by atoms with van der Waals surface area (Å²) in [6, 6.07) is 8.99. The van der Waals surface area contributed by atoms with E-state index >= 15 is 0 Å². The number of benzene rings is 1. The SMILES string of the molecule is O=C(Cc1ccc(N2CCN(C(=O)Cc3ccccc3F)CC2)nc1)c1oc(N2CCCC(F)C2)nc1C(F)(F)F. The van der Waals surface area contributed by atoms with Gasteiger partial charge in [0.05, 0.1) is 13.0 Å². The van der Waals surface area contributed by atoms with Gasteiger partial charge in [0.15, 0.2) is 5.69 Å². The number of oxazole rings is 1. The number of amides is 1. The lowest BCUT2D eigenvalue weighted by Gasteiger charge is -2.35. The number of piperazine rings is 1. The number of ketones is 1. The largest absolute Gasteiger partial charge is 0.437 e. The van der Waals surface area contributed by atoms with Gasteiger partial charge in [-0.3, -0.25) is 9.59 Å². The first kappa shape index (κ1) is 28.5. The number of alkyl halides is 4. The molecular weight excluding hydrogens is 549 g/mol. The molecule has 8 nitrogen and oxygen atoms in total. The van der Waals surface area contributed by atoms with Crippen LogP contribution in [0.25, 0.3) is 0 Å². The van der Waals surface area contributed by atoms with Crippen LogP contribution in [0, 0.1) is 5.82 Å². The molecule has 2 aromatic heterocycles. The topological polar surface area (TPSA) is 82.8 Å². The summed E-state index contributed by atoms with van der Waals surface area (Å²) in [5.41, 5.74) is -0.702. The Labute approximate surface area is 232 Å². The Morgan fingerprint density at radius 1 is 0.976 bits per heavy atom. The van der Waals surface area contributed by atoms with Crippen molar-refractivity contribution < 1.29 is 36.0 Å². The average Bonchev–Trinajstić information content (AvgIpc) is 3.42. The maximum atomic E-state index is 13.9. The minimum Gasteiger partial charge on any atom is -0.420 e. The van der Waals surface area contributed by atoms with Crippen LogP contribution in [0.5, 0.6) is 0 Å². The van der Waals surface area contributed by atoms with Gasteiger partial charge in [0.2, 0.25) is 17.5 Å². The van der Waals surface area contributed by atoms with E-state index in [0.29, 0.717) is 56.0 Å². The van der Waals surface area contributed by atoms with Crippen molar-refractivity contribution in [2.75, 3.05) is 49.1 Å². The molecule has 0 radical (unpaired) electrons. The van der Waals surface area contributed by atoms with Gasteiger partial charge in [-0.1, -0.05) is 24.3 Å². The summed E-state index contributed by atoms with van der Waals surface area (Å²) in [7, 11) is 0. The third-order valence-electron chi connectivity index (χ3n) is 7.20. The Morgan fingerprint density at radius 2 is 1.73 bits per heavy atom. The molecule has 1 amide bonds. The molecule has 1 atom stereocenters. The Kier molecular flexibility index (Phi) is 8.22. The van der Waals surface area contributed by atoms with Crippen molar-refractivity contribution in [3.63, 3.8) is 0 Å². The highest BCUT2D eigenvalue weighted by Gasteiger charge is 2.42. The Bertz CT molecular complexity index is 1390. The third-order valence-corrected chi connectivity index (χ3v) is 7.20. The third kappa shape index (κ3) is 6.66. The predicted octanol–water partition coefficient (Wildman–Crippen LogP) is 4.48. The fraction of sp³-hybridized carbons (Fsp3) is 0.429. The van der Waals surface area contributed by atoms with Crippen LogP contribution in [0.1, 0.15) is 40.2 Å². The summed E-state index contributed by atoms with van der Waals surface area (Å²) in [5, 5.41) is 0. The molecule has 2 aliphatic heterocycles. The molecule has 4 heterocycles. The van der Waals surface area contributed by atoms with Crippen molar-refractivity contribution >= 4 is 23.5 Å². The fourth-order valence-electron chi connectivity index (χ4n) is 5.00. The van der Waals surface area contributed by atoms with Crippen LogP contribution in [0.3, 0.4) is 0 Å². The summed E-state index contributed by atoms with van der Waals surface area (Å²) < 4.78 is 73.8. The van der Waals surface area contributed by atoms with Crippen molar-refractivity contribution in [1.82, 2.24) is 14.9 Å². The highest BCUT2D eigenvalue weighted by molar-refractivity contribution is 5.96. The van der Waals surface area contributed by atoms with Crippen LogP contribution in [0.4, 0.5) is 33.8 Å². The maximum Gasteiger partial charge on any atom is 0.437 e. The number of pyridine rings is 1. The molecule has 1 unspecified atom stereocenters. The molecule has 1 aromatic carbocycles. The van der Waals surface area contributed by atoms with Gasteiger partial charge in [-0.2, -0.15) is 18.2 Å². The summed E-state index contributed by atoms with van der Waals surface area (Å²) in [6.45, 7) is 1.95. The van der Waals surface area contributed by atoms with E-state index in [0.717, 1.165) is 0 Å². The highest BCUT2D eigenvalue weighted by Crippen LogP contribution is 2.35. The van der Waals surface area contributed by atoms with Crippen molar-refractivity contribution in [1.29, 1.82) is 0 Å². The number of halogens is 5. The normalized spacial score (nSPS) is 18.1. The van der Waals surface area contributed by atoms with E-state index in [4.69, 9.17) is 4.42 Å². The molecule has 2 saturated heterocycles. The van der Waals surface area contributed by atoms with Gasteiger partial charge in [-0.05, 0) is 36.1 Å². The summed E-state index contributed by atoms with van der Waals surface area (Å²) in [5.74, 6) is -1.82. The Morgan fingerprint density at radius 3 is 2.39 bits per heavy atom. The van der Waals surface area contributed by atoms with E-state index in [1.54, 1.807) is 35.2 Å². The van der Waals surface area contributed by atoms with Crippen LogP contribution >= 0.6 is 0 Å². The number of carbonyl (C=O) groups is 2. The van der Waals surface area contributed by atoms with E-state index in [1.165, 1.54) is 17.2 Å². The molecular formula is C28H28F5N5O3. The number of piperidine rings is 1. The van der Waals surface area contributed by atoms with E-state index in [1.807, 2.05) is 4.90 Å². The van der Waals surface area contributed by atoms with Crippen molar-refractivity contribution in [2.24, 2.45) is 0 Å². The van der Waals surface area contributed by atoms with Gasteiger partial charge in [-0.25, -0.2) is 13.8 Å². The second kappa shape index (κ2) is 11.8. The van der Waals surface area contributed by atoms with Crippen LogP contribution in [0.15, 0.2) is 47.0 Å². The number of aromatic nitrogens is 2. The lowest BCUT2D eigenvalue weighted by molar-refractivity contribution is -0.141. The summed E-state index contributed by atoms with van der Waals surface area (Å²) in [6.07, 6.45) is -4.40. The first-order chi connectivity index (χ1) is 19.6. The molecule has 218 valence electrons. The standard InChI is InChI=1S/C28H28F5N5O3/c29-20-5-3-9-38(17-20)27-35-26(28(31,32)33)25(41-27)22(39)14-18-7-8-23(34-16-18)36-10-12-37(13-11-36)24(40)15-19-4-1-2-6-21(19)30/h1-2,4,6-8,16,20H,3,5,9-15,17H2. The average molecular weight is 578 g/mol. The van der Waals surface area contributed by atoms with Crippen molar-refractivity contribution in [3.05, 3.63) is 71.0 Å². The van der Waals surface area contributed by atoms with Gasteiger partial charge in [0.25, 0.3) is 6.01 Å². The molecule has 0 aliphatic carbocycles. The van der Waals surface area contributed by atoms with Crippen LogP contribution in [-0.2, 0) is 23.8 Å². The molecule has 13 heteroatoms. The number of hydrogen-bond acceptors (Lipinski definition) is 7. The summed E-state index contributed by atoms with van der Waals surface area (Å²) >= 11 is 0. The molecule has 0 saturated carbocycles. The van der Waals surface area contributed by atoms with Crippen LogP contribution in [0.2, 0.25) is 0 Å². The van der Waals surface area contributed by atoms with Crippen LogP contribution < -0.4 is 9.80 Å². The molecule has 41 heavy (non-hydrogen) atoms. The predicted molar refractivity (Wildman–Crippen MR) is 139 cm³/mol. The minimum absolute atomic E-state index is 0.0230. The maximum absolute atomic E-state index is 13.9. The van der Waals surface area contributed by atoms with Crippen molar-refractivity contribution in [3.8, 4) is 0 Å². The summed E-state index contributed by atoms with van der Waals surface area (Å²) in [4.78, 5) is 38.2. The zero-order valence-corrected chi connectivity index (χ0v) is 22.0. The molecule has 0 bridgehead atoms. The monoisotopic (exact) mass is 577 g/mol. The number of carbonyl (C=O) groups excluding carboxylic acids is 2. The van der Waals surface area contributed by atoms with Gasteiger partial charge >= 0.3 is 6.18 Å². The number of Topliss-reactive ketones (excluding diaryl/α,β-unsaturated/α-hetero) is 1. The van der Waals surface area contributed by atoms with E-state index in [-0.39, 0.29) is 25.4 Å². The van der Waals surface area contributed by atoms with Gasteiger partial charge in [0.1, 0.15) is 17.8 Å². The molecule has 2 aliphatic rings. The minimum atomic E-state index is -4.92. The second-order valence-corrected chi connectivity index (χ2v) is 10.1. The van der Waals surface area contributed by atoms with E-state index in [9.17, 15) is 31.5 Å². The Balaban J connectivity index is 1.20. The smallest absolute Gasteiger partial charge is 0.420 e. The first-order valence-corrected chi connectivity index (χ1v) is 13.3. The lowest BCUT2D eigenvalue weighted by Crippen LogP contribution is -2.49. The van der Waals surface area contributed by atoms with Gasteiger partial charge < -0.3 is 19.1 Å². The first-order valence-electron chi connectivity index (χ1n) is 13.3. The number of rotatable bonds is 7. The number of hydrogen-bond donors (Lipinski definition) is 0. The molecule has 0 spiro atoms. The number of anilines is 2. The molecule has 5 rings (SSSR count). The van der Waals surface area contributed by atoms with Gasteiger partial charge in [0, 0.05) is 45.3 Å². The van der Waals surface area contributed by atoms with Crippen LogP contribution in [-0.4, -0.2) is 72.0 Å². The van der Waals surface area contributed by atoms with Crippen molar-refractivity contribution in [2.45, 2.75) is 38.0 Å². The number of nitrogens with zero attached hydrogens (tertiary/aromatic N) is 5. The van der Waals surface area contributed by atoms with E-state index in [2.05, 4.69) is 9.97 Å². The fourth-order valence-corrected chi connectivity index (χ4v) is 5.00. The zero-order valence-electron chi connectivity index (χ0n) is 22.0. The molecule has 2 fully saturated rings. The Hall–Kier alpha value is -4.03. The zero-order chi connectivity index (χ0) is 29.1. The van der Waals surface area contributed by atoms with Gasteiger partial charge in [-0.15, -0.1) is 0 Å². The molecule has 0 N–H and O–H groups in total. The van der Waals surface area contributed by atoms with E-state index < -0.39 is 47.8 Å². The highest BCUT2D eigenvalue weighted by atomic mass is 19.4. The quantitative estimate of drug-likeness (QED) is 0.303. The second-order valence-electron chi connectivity index (χ2n) is 10.1.